The number of carbonyl (C=O) groups excluding carboxylic acids is 1. The van der Waals surface area contributed by atoms with Crippen molar-refractivity contribution in [3.63, 3.8) is 0 Å². The standard InChI is InChI=1S/C17H24N6O2/c1-11(2)14-19-15(21-20-14)13-10-23(8-9-25-13)17(24)12-6-5-7-18-16(12)22(3)4/h5-7,11,13H,8-10H2,1-4H3,(H,19,20,21)/t13-/m0/s1. The van der Waals surface area contributed by atoms with E-state index in [4.69, 9.17) is 4.74 Å². The summed E-state index contributed by atoms with van der Waals surface area (Å²) in [6.45, 7) is 5.52. The molecule has 1 fully saturated rings. The molecule has 1 aliphatic rings. The van der Waals surface area contributed by atoms with Crippen molar-refractivity contribution < 1.29 is 9.53 Å². The summed E-state index contributed by atoms with van der Waals surface area (Å²) in [4.78, 5) is 25.4. The number of ether oxygens (including phenoxy) is 1. The third-order valence-corrected chi connectivity index (χ3v) is 4.14. The lowest BCUT2D eigenvalue weighted by Gasteiger charge is -2.32. The number of nitrogens with one attached hydrogen (secondary N) is 1. The predicted molar refractivity (Wildman–Crippen MR) is 93.6 cm³/mol. The number of aromatic amines is 1. The molecule has 8 nitrogen and oxygen atoms in total. The van der Waals surface area contributed by atoms with Crippen molar-refractivity contribution >= 4 is 11.7 Å². The third-order valence-electron chi connectivity index (χ3n) is 4.14. The molecule has 0 aromatic carbocycles. The Morgan fingerprint density at radius 2 is 2.24 bits per heavy atom. The highest BCUT2D eigenvalue weighted by Crippen LogP contribution is 2.24. The number of carbonyl (C=O) groups is 1. The average molecular weight is 344 g/mol. The van der Waals surface area contributed by atoms with E-state index in [0.29, 0.717) is 36.9 Å². The fourth-order valence-electron chi connectivity index (χ4n) is 2.78. The SMILES string of the molecule is CC(C)c1n[nH]c([C@@H]2CN(C(=O)c3cccnc3N(C)C)CCO2)n1. The molecule has 0 radical (unpaired) electrons. The van der Waals surface area contributed by atoms with E-state index in [1.54, 1.807) is 23.2 Å². The molecule has 1 N–H and O–H groups in total. The van der Waals surface area contributed by atoms with Gasteiger partial charge in [-0.1, -0.05) is 13.8 Å². The Morgan fingerprint density at radius 3 is 2.92 bits per heavy atom. The van der Waals surface area contributed by atoms with Gasteiger partial charge in [-0.2, -0.15) is 5.10 Å². The Hall–Kier alpha value is -2.48. The molecule has 0 aliphatic carbocycles. The zero-order chi connectivity index (χ0) is 18.0. The number of morpholine rings is 1. The second-order valence-electron chi connectivity index (χ2n) is 6.61. The fourth-order valence-corrected chi connectivity index (χ4v) is 2.78. The number of aromatic nitrogens is 4. The summed E-state index contributed by atoms with van der Waals surface area (Å²) in [5.74, 6) is 2.28. The van der Waals surface area contributed by atoms with Gasteiger partial charge in [-0.15, -0.1) is 0 Å². The minimum absolute atomic E-state index is 0.0475. The second-order valence-corrected chi connectivity index (χ2v) is 6.61. The fraction of sp³-hybridized carbons (Fsp3) is 0.529. The van der Waals surface area contributed by atoms with Crippen LogP contribution in [-0.4, -0.2) is 64.8 Å². The maximum Gasteiger partial charge on any atom is 0.257 e. The van der Waals surface area contributed by atoms with Crippen LogP contribution in [0.3, 0.4) is 0 Å². The molecule has 1 atom stereocenters. The highest BCUT2D eigenvalue weighted by molar-refractivity contribution is 5.98. The Labute approximate surface area is 147 Å². The molecule has 8 heteroatoms. The van der Waals surface area contributed by atoms with E-state index in [0.717, 1.165) is 5.82 Å². The normalized spacial score (nSPS) is 17.8. The molecule has 3 heterocycles. The minimum Gasteiger partial charge on any atom is -0.367 e. The number of pyridine rings is 1. The molecule has 2 aromatic heterocycles. The lowest BCUT2D eigenvalue weighted by atomic mass is 10.1. The van der Waals surface area contributed by atoms with Crippen LogP contribution in [0.15, 0.2) is 18.3 Å². The molecular formula is C17H24N6O2. The van der Waals surface area contributed by atoms with Crippen LogP contribution in [0.5, 0.6) is 0 Å². The largest absolute Gasteiger partial charge is 0.367 e. The van der Waals surface area contributed by atoms with Crippen LogP contribution in [0, 0.1) is 0 Å². The van der Waals surface area contributed by atoms with Gasteiger partial charge < -0.3 is 14.5 Å². The minimum atomic E-state index is -0.294. The van der Waals surface area contributed by atoms with E-state index >= 15 is 0 Å². The summed E-state index contributed by atoms with van der Waals surface area (Å²) in [7, 11) is 3.76. The van der Waals surface area contributed by atoms with Crippen molar-refractivity contribution in [2.24, 2.45) is 0 Å². The number of H-pyrrole nitrogens is 1. The average Bonchev–Trinajstić information content (AvgIpc) is 3.11. The van der Waals surface area contributed by atoms with Crippen molar-refractivity contribution in [3.05, 3.63) is 35.5 Å². The topological polar surface area (TPSA) is 87.2 Å². The van der Waals surface area contributed by atoms with E-state index in [9.17, 15) is 4.79 Å². The van der Waals surface area contributed by atoms with Gasteiger partial charge in [0.05, 0.1) is 18.7 Å². The van der Waals surface area contributed by atoms with E-state index < -0.39 is 0 Å². The summed E-state index contributed by atoms with van der Waals surface area (Å²) in [5.41, 5.74) is 0.591. The van der Waals surface area contributed by atoms with Gasteiger partial charge in [0.1, 0.15) is 11.9 Å². The molecule has 0 unspecified atom stereocenters. The summed E-state index contributed by atoms with van der Waals surface area (Å²) >= 11 is 0. The first-order valence-electron chi connectivity index (χ1n) is 8.42. The highest BCUT2D eigenvalue weighted by atomic mass is 16.5. The van der Waals surface area contributed by atoms with Crippen molar-refractivity contribution in [1.82, 2.24) is 25.1 Å². The van der Waals surface area contributed by atoms with Crippen LogP contribution in [0.1, 0.15) is 47.9 Å². The summed E-state index contributed by atoms with van der Waals surface area (Å²) in [5, 5.41) is 7.16. The number of nitrogens with zero attached hydrogens (tertiary/aromatic N) is 5. The van der Waals surface area contributed by atoms with Crippen molar-refractivity contribution in [1.29, 1.82) is 0 Å². The van der Waals surface area contributed by atoms with E-state index in [-0.39, 0.29) is 17.9 Å². The number of anilines is 1. The number of hydrogen-bond acceptors (Lipinski definition) is 6. The molecule has 0 spiro atoms. The number of hydrogen-bond donors (Lipinski definition) is 1. The number of rotatable bonds is 4. The zero-order valence-electron chi connectivity index (χ0n) is 15.1. The molecule has 1 saturated heterocycles. The van der Waals surface area contributed by atoms with Gasteiger partial charge in [0.15, 0.2) is 11.6 Å². The van der Waals surface area contributed by atoms with Gasteiger partial charge in [-0.25, -0.2) is 9.97 Å². The van der Waals surface area contributed by atoms with E-state index in [1.165, 1.54) is 0 Å². The predicted octanol–water partition coefficient (Wildman–Crippen LogP) is 1.60. The van der Waals surface area contributed by atoms with Gasteiger partial charge in [-0.05, 0) is 12.1 Å². The number of amides is 1. The van der Waals surface area contributed by atoms with Crippen LogP contribution in [0.4, 0.5) is 5.82 Å². The van der Waals surface area contributed by atoms with Crippen LogP contribution < -0.4 is 4.90 Å². The monoisotopic (exact) mass is 344 g/mol. The van der Waals surface area contributed by atoms with Crippen molar-refractivity contribution in [3.8, 4) is 0 Å². The van der Waals surface area contributed by atoms with Gasteiger partial charge >= 0.3 is 0 Å². The first-order chi connectivity index (χ1) is 12.0. The molecule has 3 rings (SSSR count). The van der Waals surface area contributed by atoms with Crippen LogP contribution >= 0.6 is 0 Å². The van der Waals surface area contributed by atoms with Crippen LogP contribution in [-0.2, 0) is 4.74 Å². The quantitative estimate of drug-likeness (QED) is 0.906. The molecule has 2 aromatic rings. The van der Waals surface area contributed by atoms with Crippen molar-refractivity contribution in [2.75, 3.05) is 38.7 Å². The summed E-state index contributed by atoms with van der Waals surface area (Å²) in [6, 6.07) is 3.59. The van der Waals surface area contributed by atoms with Gasteiger partial charge in [0.2, 0.25) is 0 Å². The Morgan fingerprint density at radius 1 is 1.44 bits per heavy atom. The molecule has 134 valence electrons. The highest BCUT2D eigenvalue weighted by Gasteiger charge is 2.30. The van der Waals surface area contributed by atoms with E-state index in [2.05, 4.69) is 20.2 Å². The van der Waals surface area contributed by atoms with Gasteiger partial charge in [0, 0.05) is 32.8 Å². The lowest BCUT2D eigenvalue weighted by molar-refractivity contribution is -0.0266. The van der Waals surface area contributed by atoms with Gasteiger partial charge in [-0.3, -0.25) is 9.89 Å². The zero-order valence-corrected chi connectivity index (χ0v) is 15.1. The lowest BCUT2D eigenvalue weighted by Crippen LogP contribution is -2.43. The van der Waals surface area contributed by atoms with Crippen molar-refractivity contribution in [2.45, 2.75) is 25.9 Å². The van der Waals surface area contributed by atoms with Gasteiger partial charge in [0.25, 0.3) is 5.91 Å². The summed E-state index contributed by atoms with van der Waals surface area (Å²) in [6.07, 6.45) is 1.40. The Balaban J connectivity index is 1.78. The maximum atomic E-state index is 13.0. The van der Waals surface area contributed by atoms with Crippen LogP contribution in [0.25, 0.3) is 0 Å². The first kappa shape index (κ1) is 17.3. The Kier molecular flexibility index (Phi) is 4.98. The van der Waals surface area contributed by atoms with Crippen LogP contribution in [0.2, 0.25) is 0 Å². The third kappa shape index (κ3) is 3.63. The molecule has 1 aliphatic heterocycles. The molecule has 0 bridgehead atoms. The molecular weight excluding hydrogens is 320 g/mol. The first-order valence-corrected chi connectivity index (χ1v) is 8.42. The maximum absolute atomic E-state index is 13.0. The smallest absolute Gasteiger partial charge is 0.257 e. The second kappa shape index (κ2) is 7.18. The van der Waals surface area contributed by atoms with E-state index in [1.807, 2.05) is 32.8 Å². The molecule has 1 amide bonds. The summed E-state index contributed by atoms with van der Waals surface area (Å²) < 4.78 is 5.80. The molecule has 25 heavy (non-hydrogen) atoms. The Bertz CT molecular complexity index is 742. The molecule has 0 saturated carbocycles.